The van der Waals surface area contributed by atoms with Crippen LogP contribution in [0.3, 0.4) is 0 Å². The summed E-state index contributed by atoms with van der Waals surface area (Å²) in [6, 6.07) is 0.472. The van der Waals surface area contributed by atoms with Gasteiger partial charge in [0.1, 0.15) is 0 Å². The summed E-state index contributed by atoms with van der Waals surface area (Å²) in [6.07, 6.45) is 2.90. The number of rotatable bonds is 3. The largest absolute Gasteiger partial charge is 0.377 e. The highest BCUT2D eigenvalue weighted by atomic mass is 16.5. The summed E-state index contributed by atoms with van der Waals surface area (Å²) in [6.45, 7) is 9.56. The van der Waals surface area contributed by atoms with Crippen LogP contribution in [0.5, 0.6) is 0 Å². The van der Waals surface area contributed by atoms with E-state index >= 15 is 0 Å². The van der Waals surface area contributed by atoms with Crippen molar-refractivity contribution in [2.75, 3.05) is 39.8 Å². The second-order valence-electron chi connectivity index (χ2n) is 6.14. The van der Waals surface area contributed by atoms with Crippen LogP contribution in [0.2, 0.25) is 0 Å². The zero-order chi connectivity index (χ0) is 12.5. The highest BCUT2D eigenvalue weighted by Crippen LogP contribution is 2.24. The van der Waals surface area contributed by atoms with Crippen molar-refractivity contribution in [2.24, 2.45) is 5.73 Å². The molecule has 0 aromatic heterocycles. The van der Waals surface area contributed by atoms with Gasteiger partial charge in [-0.05, 0) is 33.7 Å². The number of likely N-dealkylation sites (N-methyl/N-ethyl adjacent to an activating group) is 1. The Hall–Kier alpha value is -0.160. The number of nitrogens with two attached hydrogens (primary N) is 1. The molecule has 0 spiro atoms. The highest BCUT2D eigenvalue weighted by molar-refractivity contribution is 4.95. The lowest BCUT2D eigenvalue weighted by atomic mass is 9.95. The number of piperazine rings is 1. The van der Waals surface area contributed by atoms with Crippen molar-refractivity contribution in [3.05, 3.63) is 0 Å². The Balaban J connectivity index is 1.94. The van der Waals surface area contributed by atoms with Crippen molar-refractivity contribution in [3.8, 4) is 0 Å². The van der Waals surface area contributed by atoms with Crippen LogP contribution in [0, 0.1) is 0 Å². The van der Waals surface area contributed by atoms with Crippen molar-refractivity contribution < 1.29 is 4.74 Å². The monoisotopic (exact) mass is 241 g/mol. The normalized spacial score (nSPS) is 35.3. The molecule has 0 amide bonds. The molecule has 0 aliphatic carbocycles. The van der Waals surface area contributed by atoms with E-state index in [0.29, 0.717) is 12.1 Å². The van der Waals surface area contributed by atoms with Crippen LogP contribution in [-0.4, -0.2) is 67.3 Å². The van der Waals surface area contributed by atoms with E-state index in [1.165, 1.54) is 12.8 Å². The summed E-state index contributed by atoms with van der Waals surface area (Å²) in [5, 5.41) is 0. The average Bonchev–Trinajstić information content (AvgIpc) is 2.75. The molecule has 2 rings (SSSR count). The molecule has 2 aliphatic heterocycles. The summed E-state index contributed by atoms with van der Waals surface area (Å²) in [4.78, 5) is 4.96. The molecule has 0 aromatic carbocycles. The first-order valence-electron chi connectivity index (χ1n) is 6.80. The molecule has 2 aliphatic rings. The minimum Gasteiger partial charge on any atom is -0.377 e. The Morgan fingerprint density at radius 2 is 2.18 bits per heavy atom. The fourth-order valence-electron chi connectivity index (χ4n) is 3.09. The first kappa shape index (κ1) is 13.3. The van der Waals surface area contributed by atoms with E-state index in [-0.39, 0.29) is 5.54 Å². The molecule has 0 aromatic rings. The van der Waals surface area contributed by atoms with E-state index in [4.69, 9.17) is 10.5 Å². The van der Waals surface area contributed by atoms with Gasteiger partial charge in [-0.3, -0.25) is 9.80 Å². The van der Waals surface area contributed by atoms with E-state index in [1.54, 1.807) is 0 Å². The summed E-state index contributed by atoms with van der Waals surface area (Å²) in [5.74, 6) is 0. The zero-order valence-electron chi connectivity index (χ0n) is 11.5. The van der Waals surface area contributed by atoms with E-state index in [1.807, 2.05) is 0 Å². The lowest BCUT2D eigenvalue weighted by Crippen LogP contribution is -2.64. The third kappa shape index (κ3) is 2.99. The number of hydrogen-bond acceptors (Lipinski definition) is 4. The summed E-state index contributed by atoms with van der Waals surface area (Å²) >= 11 is 0. The molecule has 4 heteroatoms. The molecular weight excluding hydrogens is 214 g/mol. The van der Waals surface area contributed by atoms with Crippen LogP contribution >= 0.6 is 0 Å². The van der Waals surface area contributed by atoms with Gasteiger partial charge < -0.3 is 10.5 Å². The van der Waals surface area contributed by atoms with Gasteiger partial charge in [0.2, 0.25) is 0 Å². The van der Waals surface area contributed by atoms with E-state index in [9.17, 15) is 0 Å². The van der Waals surface area contributed by atoms with Crippen LogP contribution in [0.4, 0.5) is 0 Å². The van der Waals surface area contributed by atoms with Gasteiger partial charge >= 0.3 is 0 Å². The van der Waals surface area contributed by atoms with Gasteiger partial charge in [0.15, 0.2) is 0 Å². The quantitative estimate of drug-likeness (QED) is 0.782. The smallest absolute Gasteiger partial charge is 0.0702 e. The Kier molecular flexibility index (Phi) is 4.08. The molecule has 0 radical (unpaired) electrons. The predicted molar refractivity (Wildman–Crippen MR) is 70.1 cm³/mol. The second-order valence-corrected chi connectivity index (χ2v) is 6.14. The molecule has 2 saturated heterocycles. The van der Waals surface area contributed by atoms with Crippen LogP contribution in [0.15, 0.2) is 0 Å². The topological polar surface area (TPSA) is 41.7 Å². The van der Waals surface area contributed by atoms with Crippen LogP contribution in [-0.2, 0) is 4.74 Å². The van der Waals surface area contributed by atoms with Gasteiger partial charge in [0, 0.05) is 44.4 Å². The van der Waals surface area contributed by atoms with Gasteiger partial charge in [-0.15, -0.1) is 0 Å². The van der Waals surface area contributed by atoms with Gasteiger partial charge in [-0.1, -0.05) is 0 Å². The standard InChI is InChI=1S/C13H27N3O/c1-13(2)10-16(8-11(7-14)15(13)3)9-12-5-4-6-17-12/h11-12H,4-10,14H2,1-3H3. The van der Waals surface area contributed by atoms with Gasteiger partial charge in [-0.2, -0.15) is 0 Å². The molecule has 2 fully saturated rings. The first-order chi connectivity index (χ1) is 8.03. The lowest BCUT2D eigenvalue weighted by Gasteiger charge is -2.50. The molecule has 2 atom stereocenters. The summed E-state index contributed by atoms with van der Waals surface area (Å²) in [5.41, 5.74) is 6.09. The Labute approximate surface area is 105 Å². The Bertz CT molecular complexity index is 249. The van der Waals surface area contributed by atoms with Crippen molar-refractivity contribution in [1.29, 1.82) is 0 Å². The molecule has 0 bridgehead atoms. The third-order valence-electron chi connectivity index (χ3n) is 4.34. The van der Waals surface area contributed by atoms with Gasteiger partial charge in [-0.25, -0.2) is 0 Å². The SMILES string of the molecule is CN1C(CN)CN(CC2CCCO2)CC1(C)C. The molecular formula is C13H27N3O. The molecule has 4 nitrogen and oxygen atoms in total. The maximum absolute atomic E-state index is 5.89. The fraction of sp³-hybridized carbons (Fsp3) is 1.00. The molecule has 100 valence electrons. The molecule has 0 saturated carbocycles. The van der Waals surface area contributed by atoms with Crippen LogP contribution in [0.1, 0.15) is 26.7 Å². The van der Waals surface area contributed by atoms with Crippen LogP contribution < -0.4 is 5.73 Å². The van der Waals surface area contributed by atoms with Crippen molar-refractivity contribution in [2.45, 2.75) is 44.4 Å². The van der Waals surface area contributed by atoms with Crippen LogP contribution in [0.25, 0.3) is 0 Å². The number of hydrogen-bond donors (Lipinski definition) is 1. The zero-order valence-corrected chi connectivity index (χ0v) is 11.5. The van der Waals surface area contributed by atoms with E-state index < -0.39 is 0 Å². The molecule has 2 heterocycles. The highest BCUT2D eigenvalue weighted by Gasteiger charge is 2.37. The van der Waals surface area contributed by atoms with Crippen molar-refractivity contribution in [1.82, 2.24) is 9.80 Å². The number of ether oxygens (including phenoxy) is 1. The molecule has 2 N–H and O–H groups in total. The minimum absolute atomic E-state index is 0.209. The predicted octanol–water partition coefficient (Wildman–Crippen LogP) is 0.519. The lowest BCUT2D eigenvalue weighted by molar-refractivity contribution is -0.0239. The summed E-state index contributed by atoms with van der Waals surface area (Å²) < 4.78 is 5.73. The van der Waals surface area contributed by atoms with E-state index in [2.05, 4.69) is 30.7 Å². The van der Waals surface area contributed by atoms with Gasteiger partial charge in [0.25, 0.3) is 0 Å². The maximum Gasteiger partial charge on any atom is 0.0702 e. The summed E-state index contributed by atoms with van der Waals surface area (Å²) in [7, 11) is 2.20. The van der Waals surface area contributed by atoms with E-state index in [0.717, 1.165) is 32.8 Å². The van der Waals surface area contributed by atoms with Crippen molar-refractivity contribution >= 4 is 0 Å². The van der Waals surface area contributed by atoms with Gasteiger partial charge in [0.05, 0.1) is 6.10 Å². The maximum atomic E-state index is 5.89. The minimum atomic E-state index is 0.209. The molecule has 2 unspecified atom stereocenters. The first-order valence-corrected chi connectivity index (χ1v) is 6.80. The third-order valence-corrected chi connectivity index (χ3v) is 4.34. The Morgan fingerprint density at radius 3 is 2.76 bits per heavy atom. The second kappa shape index (κ2) is 5.22. The average molecular weight is 241 g/mol. The fourth-order valence-corrected chi connectivity index (χ4v) is 3.09. The van der Waals surface area contributed by atoms with Crippen molar-refractivity contribution in [3.63, 3.8) is 0 Å². The number of nitrogens with zero attached hydrogens (tertiary/aromatic N) is 2. The Morgan fingerprint density at radius 1 is 1.41 bits per heavy atom. The molecule has 17 heavy (non-hydrogen) atoms.